The number of thiazole rings is 1. The van der Waals surface area contributed by atoms with E-state index in [0.29, 0.717) is 6.54 Å². The molecular formula is C12H13N3O2S. The Hall–Kier alpha value is -2.08. The zero-order valence-corrected chi connectivity index (χ0v) is 10.6. The minimum Gasteiger partial charge on any atom is -0.478 e. The number of nitrogens with one attached hydrogen (secondary N) is 1. The van der Waals surface area contributed by atoms with Gasteiger partial charge in [0.25, 0.3) is 0 Å². The highest BCUT2D eigenvalue weighted by Gasteiger charge is 2.08. The first-order valence-corrected chi connectivity index (χ1v) is 6.22. The first-order valence-electron chi connectivity index (χ1n) is 5.34. The molecule has 0 unspecified atom stereocenters. The Balaban J connectivity index is 2.06. The van der Waals surface area contributed by atoms with Crippen LogP contribution in [0.1, 0.15) is 21.1 Å². The third-order valence-corrected chi connectivity index (χ3v) is 3.36. The summed E-state index contributed by atoms with van der Waals surface area (Å²) in [5.74, 6) is -1.02. The number of hydrogen-bond acceptors (Lipinski definition) is 5. The number of carboxylic acids is 1. The van der Waals surface area contributed by atoms with E-state index in [1.807, 2.05) is 12.3 Å². The average molecular weight is 263 g/mol. The van der Waals surface area contributed by atoms with Crippen LogP contribution in [0.2, 0.25) is 0 Å². The van der Waals surface area contributed by atoms with Gasteiger partial charge in [0, 0.05) is 22.4 Å². The molecule has 0 aliphatic heterocycles. The summed E-state index contributed by atoms with van der Waals surface area (Å²) in [5, 5.41) is 15.0. The molecule has 0 saturated heterocycles. The second-order valence-corrected chi connectivity index (χ2v) is 4.79. The summed E-state index contributed by atoms with van der Waals surface area (Å²) in [6.45, 7) is 2.55. The monoisotopic (exact) mass is 263 g/mol. The topological polar surface area (TPSA) is 88.2 Å². The van der Waals surface area contributed by atoms with Gasteiger partial charge in [0.2, 0.25) is 0 Å². The molecule has 0 aliphatic carbocycles. The maximum atomic E-state index is 10.8. The van der Waals surface area contributed by atoms with Crippen molar-refractivity contribution in [1.29, 1.82) is 0 Å². The fourth-order valence-electron chi connectivity index (χ4n) is 1.53. The highest BCUT2D eigenvalue weighted by Crippen LogP contribution is 2.19. The van der Waals surface area contributed by atoms with Gasteiger partial charge in [-0.25, -0.2) is 9.78 Å². The van der Waals surface area contributed by atoms with Gasteiger partial charge in [-0.15, -0.1) is 11.3 Å². The van der Waals surface area contributed by atoms with Crippen molar-refractivity contribution in [2.75, 3.05) is 11.1 Å². The molecular weight excluding hydrogens is 250 g/mol. The molecule has 0 spiro atoms. The number of aromatic carboxylic acids is 1. The SMILES string of the molecule is Cc1csc(CNc2ccc(C(=O)O)c(N)c2)n1. The fourth-order valence-corrected chi connectivity index (χ4v) is 2.24. The number of aryl methyl sites for hydroxylation is 1. The van der Waals surface area contributed by atoms with Gasteiger partial charge in [-0.05, 0) is 25.1 Å². The smallest absolute Gasteiger partial charge is 0.337 e. The summed E-state index contributed by atoms with van der Waals surface area (Å²) < 4.78 is 0. The first-order chi connectivity index (χ1) is 8.56. The summed E-state index contributed by atoms with van der Waals surface area (Å²) in [5.41, 5.74) is 7.81. The summed E-state index contributed by atoms with van der Waals surface area (Å²) >= 11 is 1.58. The molecule has 0 saturated carbocycles. The number of aromatic nitrogens is 1. The Kier molecular flexibility index (Phi) is 3.47. The number of hydrogen-bond donors (Lipinski definition) is 3. The van der Waals surface area contributed by atoms with E-state index >= 15 is 0 Å². The van der Waals surface area contributed by atoms with Gasteiger partial charge in [0.05, 0.1) is 12.1 Å². The highest BCUT2D eigenvalue weighted by molar-refractivity contribution is 7.09. The second kappa shape index (κ2) is 5.05. The van der Waals surface area contributed by atoms with Crippen molar-refractivity contribution in [1.82, 2.24) is 4.98 Å². The lowest BCUT2D eigenvalue weighted by molar-refractivity contribution is 0.0698. The van der Waals surface area contributed by atoms with E-state index in [9.17, 15) is 4.79 Å². The lowest BCUT2D eigenvalue weighted by Gasteiger charge is -2.07. The number of carboxylic acid groups (broad SMARTS) is 1. The van der Waals surface area contributed by atoms with Crippen LogP contribution in [0.25, 0.3) is 0 Å². The Morgan fingerprint density at radius 2 is 2.33 bits per heavy atom. The van der Waals surface area contributed by atoms with Gasteiger partial charge in [-0.2, -0.15) is 0 Å². The van der Waals surface area contributed by atoms with E-state index in [1.54, 1.807) is 23.5 Å². The molecule has 0 aliphatic rings. The second-order valence-electron chi connectivity index (χ2n) is 3.84. The fraction of sp³-hybridized carbons (Fsp3) is 0.167. The molecule has 0 fully saturated rings. The molecule has 0 amide bonds. The predicted molar refractivity (Wildman–Crippen MR) is 72.0 cm³/mol. The van der Waals surface area contributed by atoms with Crippen LogP contribution >= 0.6 is 11.3 Å². The van der Waals surface area contributed by atoms with Gasteiger partial charge in [0.15, 0.2) is 0 Å². The van der Waals surface area contributed by atoms with Crippen LogP contribution in [0.3, 0.4) is 0 Å². The van der Waals surface area contributed by atoms with E-state index in [2.05, 4.69) is 10.3 Å². The van der Waals surface area contributed by atoms with Crippen molar-refractivity contribution in [2.45, 2.75) is 13.5 Å². The molecule has 1 aromatic carbocycles. The van der Waals surface area contributed by atoms with Crippen molar-refractivity contribution in [3.8, 4) is 0 Å². The Bertz CT molecular complexity index is 580. The maximum absolute atomic E-state index is 10.8. The van der Waals surface area contributed by atoms with E-state index in [4.69, 9.17) is 10.8 Å². The molecule has 94 valence electrons. The van der Waals surface area contributed by atoms with Crippen molar-refractivity contribution < 1.29 is 9.90 Å². The minimum atomic E-state index is -1.02. The van der Waals surface area contributed by atoms with Gasteiger partial charge >= 0.3 is 5.97 Å². The molecule has 6 heteroatoms. The number of anilines is 2. The first kappa shape index (κ1) is 12.4. The number of benzene rings is 1. The molecule has 0 bridgehead atoms. The highest BCUT2D eigenvalue weighted by atomic mass is 32.1. The van der Waals surface area contributed by atoms with Crippen molar-refractivity contribution >= 4 is 28.7 Å². The van der Waals surface area contributed by atoms with Crippen LogP contribution in [-0.2, 0) is 6.54 Å². The number of nitrogens with two attached hydrogens (primary N) is 1. The Morgan fingerprint density at radius 3 is 2.89 bits per heavy atom. The molecule has 2 rings (SSSR count). The van der Waals surface area contributed by atoms with Gasteiger partial charge in [-0.1, -0.05) is 0 Å². The van der Waals surface area contributed by atoms with Crippen LogP contribution in [-0.4, -0.2) is 16.1 Å². The van der Waals surface area contributed by atoms with Crippen LogP contribution < -0.4 is 11.1 Å². The van der Waals surface area contributed by atoms with E-state index in [0.717, 1.165) is 16.4 Å². The molecule has 4 N–H and O–H groups in total. The number of nitrogens with zero attached hydrogens (tertiary/aromatic N) is 1. The minimum absolute atomic E-state index is 0.116. The molecule has 2 aromatic rings. The van der Waals surface area contributed by atoms with Gasteiger partial charge < -0.3 is 16.2 Å². The average Bonchev–Trinajstić information content (AvgIpc) is 2.72. The maximum Gasteiger partial charge on any atom is 0.337 e. The van der Waals surface area contributed by atoms with Crippen LogP contribution in [0.4, 0.5) is 11.4 Å². The quantitative estimate of drug-likeness (QED) is 0.737. The third kappa shape index (κ3) is 2.78. The number of nitrogen functional groups attached to an aromatic ring is 1. The van der Waals surface area contributed by atoms with Gasteiger partial charge in [0.1, 0.15) is 5.01 Å². The van der Waals surface area contributed by atoms with E-state index < -0.39 is 5.97 Å². The van der Waals surface area contributed by atoms with Crippen LogP contribution in [0, 0.1) is 6.92 Å². The zero-order valence-electron chi connectivity index (χ0n) is 9.80. The normalized spacial score (nSPS) is 10.3. The zero-order chi connectivity index (χ0) is 13.1. The summed E-state index contributed by atoms with van der Waals surface area (Å²) in [4.78, 5) is 15.1. The number of rotatable bonds is 4. The lowest BCUT2D eigenvalue weighted by atomic mass is 10.1. The van der Waals surface area contributed by atoms with Crippen molar-refractivity contribution in [2.24, 2.45) is 0 Å². The molecule has 1 heterocycles. The summed E-state index contributed by atoms with van der Waals surface area (Å²) in [7, 11) is 0. The van der Waals surface area contributed by atoms with Gasteiger partial charge in [-0.3, -0.25) is 0 Å². The number of carbonyl (C=O) groups is 1. The largest absolute Gasteiger partial charge is 0.478 e. The van der Waals surface area contributed by atoms with Crippen molar-refractivity contribution in [3.05, 3.63) is 39.8 Å². The van der Waals surface area contributed by atoms with Crippen LogP contribution in [0.5, 0.6) is 0 Å². The third-order valence-electron chi connectivity index (χ3n) is 2.39. The standard InChI is InChI=1S/C12H13N3O2S/c1-7-6-18-11(15-7)5-14-8-2-3-9(12(16)17)10(13)4-8/h2-4,6,14H,5,13H2,1H3,(H,16,17). The molecule has 5 nitrogen and oxygen atoms in total. The molecule has 1 aromatic heterocycles. The predicted octanol–water partition coefficient (Wildman–Crippen LogP) is 2.34. The Morgan fingerprint density at radius 1 is 1.56 bits per heavy atom. The molecule has 18 heavy (non-hydrogen) atoms. The van der Waals surface area contributed by atoms with Crippen LogP contribution in [0.15, 0.2) is 23.6 Å². The summed E-state index contributed by atoms with van der Waals surface area (Å²) in [6, 6.07) is 4.80. The van der Waals surface area contributed by atoms with E-state index in [-0.39, 0.29) is 11.3 Å². The van der Waals surface area contributed by atoms with Crippen molar-refractivity contribution in [3.63, 3.8) is 0 Å². The summed E-state index contributed by atoms with van der Waals surface area (Å²) in [6.07, 6.45) is 0. The van der Waals surface area contributed by atoms with E-state index in [1.165, 1.54) is 6.07 Å². The molecule has 0 atom stereocenters. The molecule has 0 radical (unpaired) electrons. The lowest BCUT2D eigenvalue weighted by Crippen LogP contribution is -2.04. The Labute approximate surface area is 108 Å².